The molecule has 2 rings (SSSR count). The van der Waals surface area contributed by atoms with E-state index in [2.05, 4.69) is 54.5 Å². The van der Waals surface area contributed by atoms with Gasteiger partial charge < -0.3 is 15.5 Å². The lowest BCUT2D eigenvalue weighted by Gasteiger charge is -2.30. The van der Waals surface area contributed by atoms with Crippen LogP contribution in [0.2, 0.25) is 0 Å². The van der Waals surface area contributed by atoms with Crippen LogP contribution in [0.25, 0.3) is 0 Å². The summed E-state index contributed by atoms with van der Waals surface area (Å²) in [4.78, 5) is 2.58. The van der Waals surface area contributed by atoms with Crippen molar-refractivity contribution in [3.63, 3.8) is 0 Å². The first kappa shape index (κ1) is 17.2. The number of hydrogen-bond donors (Lipinski definition) is 2. The summed E-state index contributed by atoms with van der Waals surface area (Å²) in [6.45, 7) is 11.2. The largest absolute Gasteiger partial charge is 0.362 e. The van der Waals surface area contributed by atoms with E-state index in [0.29, 0.717) is 0 Å². The number of piperidine rings is 1. The summed E-state index contributed by atoms with van der Waals surface area (Å²) in [5.41, 5.74) is 3.59. The number of thiocarbonyl (C=S) groups is 1. The second-order valence-corrected chi connectivity index (χ2v) is 7.01. The minimum Gasteiger partial charge on any atom is -0.362 e. The third-order valence-electron chi connectivity index (χ3n) is 4.31. The van der Waals surface area contributed by atoms with E-state index in [1.54, 1.807) is 0 Å². The topological polar surface area (TPSA) is 27.3 Å². The fourth-order valence-electron chi connectivity index (χ4n) is 3.11. The summed E-state index contributed by atoms with van der Waals surface area (Å²) in [5, 5.41) is 7.33. The van der Waals surface area contributed by atoms with E-state index in [0.717, 1.165) is 29.7 Å². The van der Waals surface area contributed by atoms with Crippen molar-refractivity contribution in [3.05, 3.63) is 29.3 Å². The average molecular weight is 320 g/mol. The minimum atomic E-state index is 0.721. The molecule has 1 atom stereocenters. The van der Waals surface area contributed by atoms with Crippen molar-refractivity contribution in [2.75, 3.05) is 31.5 Å². The molecule has 1 aromatic carbocycles. The SMILES string of the molecule is Cc1ccc(NC(=S)NCCCN2CCCC(C)C2)c(C)c1. The Morgan fingerprint density at radius 1 is 1.36 bits per heavy atom. The van der Waals surface area contributed by atoms with Gasteiger partial charge in [0.25, 0.3) is 0 Å². The Morgan fingerprint density at radius 3 is 2.91 bits per heavy atom. The maximum absolute atomic E-state index is 5.38. The number of nitrogens with one attached hydrogen (secondary N) is 2. The Labute approximate surface area is 140 Å². The molecule has 0 spiro atoms. The van der Waals surface area contributed by atoms with Crippen molar-refractivity contribution in [3.8, 4) is 0 Å². The predicted octanol–water partition coefficient (Wildman–Crippen LogP) is 3.71. The lowest BCUT2D eigenvalue weighted by Crippen LogP contribution is -2.37. The molecule has 1 unspecified atom stereocenters. The van der Waals surface area contributed by atoms with Crippen LogP contribution in [-0.2, 0) is 0 Å². The highest BCUT2D eigenvalue weighted by Gasteiger charge is 2.15. The zero-order chi connectivity index (χ0) is 15.9. The van der Waals surface area contributed by atoms with Crippen molar-refractivity contribution < 1.29 is 0 Å². The lowest BCUT2D eigenvalue weighted by atomic mass is 10.0. The molecular weight excluding hydrogens is 290 g/mol. The number of nitrogens with zero attached hydrogens (tertiary/aromatic N) is 1. The fourth-order valence-corrected chi connectivity index (χ4v) is 3.33. The highest BCUT2D eigenvalue weighted by Crippen LogP contribution is 2.16. The highest BCUT2D eigenvalue weighted by atomic mass is 32.1. The van der Waals surface area contributed by atoms with Crippen LogP contribution in [0.15, 0.2) is 18.2 Å². The van der Waals surface area contributed by atoms with E-state index in [1.807, 2.05) is 0 Å². The predicted molar refractivity (Wildman–Crippen MR) is 99.6 cm³/mol. The van der Waals surface area contributed by atoms with Gasteiger partial charge in [0.1, 0.15) is 0 Å². The van der Waals surface area contributed by atoms with Gasteiger partial charge in [0.15, 0.2) is 5.11 Å². The first-order valence-electron chi connectivity index (χ1n) is 8.39. The average Bonchev–Trinajstić information content (AvgIpc) is 2.47. The molecule has 0 saturated carbocycles. The summed E-state index contributed by atoms with van der Waals surface area (Å²) in [6.07, 6.45) is 3.88. The zero-order valence-electron chi connectivity index (χ0n) is 14.1. The second-order valence-electron chi connectivity index (χ2n) is 6.60. The van der Waals surface area contributed by atoms with Crippen LogP contribution >= 0.6 is 12.2 Å². The van der Waals surface area contributed by atoms with Gasteiger partial charge >= 0.3 is 0 Å². The van der Waals surface area contributed by atoms with Crippen LogP contribution in [-0.4, -0.2) is 36.2 Å². The second kappa shape index (κ2) is 8.49. The van der Waals surface area contributed by atoms with Crippen molar-refractivity contribution in [2.24, 2.45) is 5.92 Å². The van der Waals surface area contributed by atoms with Gasteiger partial charge in [-0.3, -0.25) is 0 Å². The van der Waals surface area contributed by atoms with Gasteiger partial charge in [-0.15, -0.1) is 0 Å². The van der Waals surface area contributed by atoms with E-state index in [-0.39, 0.29) is 0 Å². The summed E-state index contributed by atoms with van der Waals surface area (Å²) >= 11 is 5.38. The number of likely N-dealkylation sites (tertiary alicyclic amines) is 1. The molecule has 1 fully saturated rings. The molecule has 1 aromatic rings. The van der Waals surface area contributed by atoms with Gasteiger partial charge in [-0.1, -0.05) is 24.6 Å². The van der Waals surface area contributed by atoms with Gasteiger partial charge in [0.2, 0.25) is 0 Å². The Hall–Kier alpha value is -1.13. The van der Waals surface area contributed by atoms with Gasteiger partial charge in [-0.2, -0.15) is 0 Å². The van der Waals surface area contributed by atoms with Gasteiger partial charge in [-0.25, -0.2) is 0 Å². The van der Waals surface area contributed by atoms with Crippen molar-refractivity contribution >= 4 is 23.0 Å². The van der Waals surface area contributed by atoms with Crippen LogP contribution in [0.1, 0.15) is 37.3 Å². The third-order valence-corrected chi connectivity index (χ3v) is 4.55. The molecule has 3 nitrogen and oxygen atoms in total. The van der Waals surface area contributed by atoms with E-state index in [4.69, 9.17) is 12.2 Å². The van der Waals surface area contributed by atoms with Gasteiger partial charge in [0.05, 0.1) is 0 Å². The molecule has 1 saturated heterocycles. The van der Waals surface area contributed by atoms with Crippen molar-refractivity contribution in [1.29, 1.82) is 0 Å². The third kappa shape index (κ3) is 5.58. The van der Waals surface area contributed by atoms with Crippen LogP contribution in [0.5, 0.6) is 0 Å². The van der Waals surface area contributed by atoms with Gasteiger partial charge in [0, 0.05) is 18.8 Å². The summed E-state index contributed by atoms with van der Waals surface area (Å²) in [6, 6.07) is 6.37. The van der Waals surface area contributed by atoms with Crippen LogP contribution in [0, 0.1) is 19.8 Å². The lowest BCUT2D eigenvalue weighted by molar-refractivity contribution is 0.182. The Kier molecular flexibility index (Phi) is 6.65. The molecule has 1 aliphatic rings. The molecule has 0 amide bonds. The molecule has 0 bridgehead atoms. The Morgan fingerprint density at radius 2 is 2.18 bits per heavy atom. The molecule has 1 heterocycles. The summed E-state index contributed by atoms with van der Waals surface area (Å²) in [7, 11) is 0. The highest BCUT2D eigenvalue weighted by molar-refractivity contribution is 7.80. The first-order chi connectivity index (χ1) is 10.5. The Balaban J connectivity index is 1.65. The van der Waals surface area contributed by atoms with Gasteiger partial charge in [-0.05, 0) is 76.0 Å². The molecule has 0 radical (unpaired) electrons. The molecule has 4 heteroatoms. The van der Waals surface area contributed by atoms with Crippen molar-refractivity contribution in [1.82, 2.24) is 10.2 Å². The van der Waals surface area contributed by atoms with Crippen LogP contribution in [0.4, 0.5) is 5.69 Å². The maximum atomic E-state index is 5.38. The standard InChI is InChI=1S/C18H29N3S/c1-14-7-8-17(16(3)12-14)20-18(22)19-9-5-11-21-10-4-6-15(2)13-21/h7-8,12,15H,4-6,9-11,13H2,1-3H3,(H2,19,20,22). The summed E-state index contributed by atoms with van der Waals surface area (Å²) < 4.78 is 0. The molecule has 0 aromatic heterocycles. The number of aryl methyl sites for hydroxylation is 2. The molecule has 22 heavy (non-hydrogen) atoms. The van der Waals surface area contributed by atoms with Crippen LogP contribution in [0.3, 0.4) is 0 Å². The molecule has 122 valence electrons. The normalized spacial score (nSPS) is 19.0. The molecule has 2 N–H and O–H groups in total. The number of benzene rings is 1. The minimum absolute atomic E-state index is 0.721. The van der Waals surface area contributed by atoms with E-state index < -0.39 is 0 Å². The molecular formula is C18H29N3S. The zero-order valence-corrected chi connectivity index (χ0v) is 14.9. The molecule has 0 aliphatic carbocycles. The number of anilines is 1. The van der Waals surface area contributed by atoms with Crippen molar-refractivity contribution in [2.45, 2.75) is 40.0 Å². The number of rotatable bonds is 5. The molecule has 1 aliphatic heterocycles. The summed E-state index contributed by atoms with van der Waals surface area (Å²) in [5.74, 6) is 0.856. The number of hydrogen-bond acceptors (Lipinski definition) is 2. The van der Waals surface area contributed by atoms with E-state index >= 15 is 0 Å². The monoisotopic (exact) mass is 319 g/mol. The van der Waals surface area contributed by atoms with E-state index in [1.165, 1.54) is 43.6 Å². The fraction of sp³-hybridized carbons (Fsp3) is 0.611. The quantitative estimate of drug-likeness (QED) is 0.639. The Bertz CT molecular complexity index is 501. The first-order valence-corrected chi connectivity index (χ1v) is 8.80. The van der Waals surface area contributed by atoms with Crippen LogP contribution < -0.4 is 10.6 Å². The smallest absolute Gasteiger partial charge is 0.170 e. The van der Waals surface area contributed by atoms with E-state index in [9.17, 15) is 0 Å². The maximum Gasteiger partial charge on any atom is 0.170 e.